The summed E-state index contributed by atoms with van der Waals surface area (Å²) in [6, 6.07) is 24.7. The Morgan fingerprint density at radius 3 is 2.53 bits per heavy atom. The number of methoxy groups -OCH3 is 1. The van der Waals surface area contributed by atoms with Crippen molar-refractivity contribution in [3.8, 4) is 5.75 Å². The van der Waals surface area contributed by atoms with Crippen LogP contribution in [0.15, 0.2) is 72.8 Å². The lowest BCUT2D eigenvalue weighted by Crippen LogP contribution is -2.60. The van der Waals surface area contributed by atoms with Gasteiger partial charge in [-0.05, 0) is 49.2 Å². The number of nitrogens with zero attached hydrogens (tertiary/aromatic N) is 2. The van der Waals surface area contributed by atoms with E-state index in [9.17, 15) is 4.79 Å². The topological polar surface area (TPSA) is 44.8 Å². The van der Waals surface area contributed by atoms with E-state index in [1.165, 1.54) is 22.5 Å². The van der Waals surface area contributed by atoms with Gasteiger partial charge in [0.05, 0.1) is 19.1 Å². The molecule has 0 saturated carbocycles. The number of carbonyl (C=O) groups excluding carboxylic acids is 1. The van der Waals surface area contributed by atoms with E-state index < -0.39 is 0 Å². The predicted octanol–water partition coefficient (Wildman–Crippen LogP) is 4.51. The van der Waals surface area contributed by atoms with Crippen molar-refractivity contribution < 1.29 is 9.53 Å². The Labute approximate surface area is 189 Å². The van der Waals surface area contributed by atoms with Crippen LogP contribution in [0.4, 0.5) is 17.1 Å². The summed E-state index contributed by atoms with van der Waals surface area (Å²) in [6.45, 7) is 4.71. The van der Waals surface area contributed by atoms with Gasteiger partial charge in [0.15, 0.2) is 0 Å². The van der Waals surface area contributed by atoms with Crippen LogP contribution in [-0.2, 0) is 11.2 Å². The van der Waals surface area contributed by atoms with Gasteiger partial charge in [-0.3, -0.25) is 4.79 Å². The van der Waals surface area contributed by atoms with Gasteiger partial charge in [-0.25, -0.2) is 0 Å². The van der Waals surface area contributed by atoms with Crippen LogP contribution in [-0.4, -0.2) is 38.7 Å². The zero-order valence-electron chi connectivity index (χ0n) is 18.6. The Morgan fingerprint density at radius 2 is 1.78 bits per heavy atom. The Balaban J connectivity index is 1.47. The quantitative estimate of drug-likeness (QED) is 0.665. The van der Waals surface area contributed by atoms with Gasteiger partial charge in [-0.1, -0.05) is 42.0 Å². The molecule has 1 N–H and O–H groups in total. The van der Waals surface area contributed by atoms with Crippen LogP contribution in [0.5, 0.6) is 5.75 Å². The summed E-state index contributed by atoms with van der Waals surface area (Å²) in [5, 5.41) is 3.15. The van der Waals surface area contributed by atoms with E-state index in [-0.39, 0.29) is 17.9 Å². The second-order valence-electron chi connectivity index (χ2n) is 8.70. The average Bonchev–Trinajstić information content (AvgIpc) is 2.84. The first-order chi connectivity index (χ1) is 15.6. The number of amides is 1. The fourth-order valence-electron chi connectivity index (χ4n) is 4.95. The molecule has 0 aliphatic carbocycles. The molecule has 0 unspecified atom stereocenters. The van der Waals surface area contributed by atoms with Gasteiger partial charge in [-0.15, -0.1) is 0 Å². The maximum atomic E-state index is 13.5. The van der Waals surface area contributed by atoms with Crippen LogP contribution in [0.1, 0.15) is 11.1 Å². The van der Waals surface area contributed by atoms with Crippen LogP contribution in [0.3, 0.4) is 0 Å². The molecule has 1 saturated heterocycles. The van der Waals surface area contributed by atoms with E-state index >= 15 is 0 Å². The Kier molecular flexibility index (Phi) is 5.48. The molecule has 5 nitrogen and oxygen atoms in total. The summed E-state index contributed by atoms with van der Waals surface area (Å²) in [7, 11) is 1.70. The van der Waals surface area contributed by atoms with E-state index in [2.05, 4.69) is 58.4 Å². The van der Waals surface area contributed by atoms with Gasteiger partial charge in [-0.2, -0.15) is 0 Å². The predicted molar refractivity (Wildman–Crippen MR) is 130 cm³/mol. The molecule has 5 heteroatoms. The van der Waals surface area contributed by atoms with Crippen LogP contribution < -0.4 is 19.9 Å². The Bertz CT molecular complexity index is 1100. The standard InChI is InChI=1S/C27H29N3O2/c1-19-8-11-22(12-9-19)29-14-15-30-25-17-23(32-2)13-10-20(25)16-24(26(30)18-29)27(31)28-21-6-4-3-5-7-21/h3-13,17,24,26H,14-16,18H2,1-2H3,(H,28,31)/t24-,26+/m1/s1. The lowest BCUT2D eigenvalue weighted by atomic mass is 9.83. The van der Waals surface area contributed by atoms with Crippen molar-refractivity contribution in [1.82, 2.24) is 0 Å². The van der Waals surface area contributed by atoms with Crippen molar-refractivity contribution in [1.29, 1.82) is 0 Å². The molecule has 3 aromatic carbocycles. The third-order valence-corrected chi connectivity index (χ3v) is 6.70. The smallest absolute Gasteiger partial charge is 0.229 e. The number of para-hydroxylation sites is 1. The number of hydrogen-bond acceptors (Lipinski definition) is 4. The van der Waals surface area contributed by atoms with E-state index in [0.717, 1.165) is 37.5 Å². The molecule has 0 bridgehead atoms. The number of piperazine rings is 1. The summed E-state index contributed by atoms with van der Waals surface area (Å²) in [4.78, 5) is 18.3. The van der Waals surface area contributed by atoms with Crippen molar-refractivity contribution in [3.05, 3.63) is 83.9 Å². The van der Waals surface area contributed by atoms with Crippen LogP contribution in [0.25, 0.3) is 0 Å². The summed E-state index contributed by atoms with van der Waals surface area (Å²) < 4.78 is 5.50. The van der Waals surface area contributed by atoms with Crippen LogP contribution >= 0.6 is 0 Å². The van der Waals surface area contributed by atoms with E-state index in [1.54, 1.807) is 7.11 Å². The van der Waals surface area contributed by atoms with E-state index in [4.69, 9.17) is 4.74 Å². The Morgan fingerprint density at radius 1 is 1.00 bits per heavy atom. The number of ether oxygens (including phenoxy) is 1. The number of fused-ring (bicyclic) bond motifs is 3. The molecule has 0 spiro atoms. The molecule has 2 aliphatic heterocycles. The minimum atomic E-state index is -0.135. The van der Waals surface area contributed by atoms with Crippen molar-refractivity contribution in [2.24, 2.45) is 5.92 Å². The van der Waals surface area contributed by atoms with Crippen molar-refractivity contribution in [2.75, 3.05) is 41.9 Å². The molecule has 3 aromatic rings. The van der Waals surface area contributed by atoms with Crippen LogP contribution in [0, 0.1) is 12.8 Å². The van der Waals surface area contributed by atoms with Crippen molar-refractivity contribution in [2.45, 2.75) is 19.4 Å². The summed E-state index contributed by atoms with van der Waals surface area (Å²) in [5.74, 6) is 0.804. The summed E-state index contributed by atoms with van der Waals surface area (Å²) in [5.41, 5.74) is 5.72. The highest BCUT2D eigenvalue weighted by Gasteiger charge is 2.41. The molecule has 2 aliphatic rings. The highest BCUT2D eigenvalue weighted by Crippen LogP contribution is 2.39. The Hall–Kier alpha value is -3.47. The molecular weight excluding hydrogens is 398 g/mol. The van der Waals surface area contributed by atoms with Crippen LogP contribution in [0.2, 0.25) is 0 Å². The average molecular weight is 428 g/mol. The molecule has 2 heterocycles. The van der Waals surface area contributed by atoms with Gasteiger partial charge in [0.2, 0.25) is 5.91 Å². The van der Waals surface area contributed by atoms with Gasteiger partial charge in [0.25, 0.3) is 0 Å². The third-order valence-electron chi connectivity index (χ3n) is 6.70. The number of carbonyl (C=O) groups is 1. The molecule has 2 atom stereocenters. The monoisotopic (exact) mass is 427 g/mol. The third kappa shape index (κ3) is 3.91. The zero-order valence-corrected chi connectivity index (χ0v) is 18.6. The van der Waals surface area contributed by atoms with Gasteiger partial charge in [0.1, 0.15) is 5.75 Å². The van der Waals surface area contributed by atoms with Gasteiger partial charge >= 0.3 is 0 Å². The maximum absolute atomic E-state index is 13.5. The largest absolute Gasteiger partial charge is 0.497 e. The first kappa shape index (κ1) is 20.4. The summed E-state index contributed by atoms with van der Waals surface area (Å²) >= 11 is 0. The minimum Gasteiger partial charge on any atom is -0.497 e. The molecule has 164 valence electrons. The fraction of sp³-hybridized carbons (Fsp3) is 0.296. The molecule has 5 rings (SSSR count). The highest BCUT2D eigenvalue weighted by atomic mass is 16.5. The second-order valence-corrected chi connectivity index (χ2v) is 8.70. The van der Waals surface area contributed by atoms with E-state index in [0.29, 0.717) is 0 Å². The first-order valence-corrected chi connectivity index (χ1v) is 11.2. The molecule has 1 fully saturated rings. The zero-order chi connectivity index (χ0) is 22.1. The number of nitrogens with one attached hydrogen (secondary N) is 1. The minimum absolute atomic E-state index is 0.0819. The number of hydrogen-bond donors (Lipinski definition) is 1. The number of aryl methyl sites for hydroxylation is 1. The molecular formula is C27H29N3O2. The molecule has 32 heavy (non-hydrogen) atoms. The molecule has 0 radical (unpaired) electrons. The first-order valence-electron chi connectivity index (χ1n) is 11.2. The second kappa shape index (κ2) is 8.58. The van der Waals surface area contributed by atoms with E-state index in [1.807, 2.05) is 36.4 Å². The maximum Gasteiger partial charge on any atom is 0.229 e. The molecule has 0 aromatic heterocycles. The number of anilines is 3. The summed E-state index contributed by atoms with van der Waals surface area (Å²) in [6.07, 6.45) is 0.723. The fourth-order valence-corrected chi connectivity index (χ4v) is 4.95. The van der Waals surface area contributed by atoms with Crippen molar-refractivity contribution in [3.63, 3.8) is 0 Å². The van der Waals surface area contributed by atoms with Gasteiger partial charge in [0, 0.05) is 42.8 Å². The lowest BCUT2D eigenvalue weighted by Gasteiger charge is -2.49. The highest BCUT2D eigenvalue weighted by molar-refractivity contribution is 5.94. The number of benzene rings is 3. The normalized spacial score (nSPS) is 19.7. The molecule has 1 amide bonds. The SMILES string of the molecule is COc1ccc2c(c1)N1CCN(c3ccc(C)cc3)C[C@H]1[C@H](C(=O)Nc1ccccc1)C2. The lowest BCUT2D eigenvalue weighted by molar-refractivity contribution is -0.120. The van der Waals surface area contributed by atoms with Gasteiger partial charge < -0.3 is 19.9 Å². The number of rotatable bonds is 4. The van der Waals surface area contributed by atoms with Crippen molar-refractivity contribution >= 4 is 23.0 Å².